The van der Waals surface area contributed by atoms with Crippen molar-refractivity contribution >= 4 is 35.3 Å². The van der Waals surface area contributed by atoms with Gasteiger partial charge >= 0.3 is 12.5 Å². The van der Waals surface area contributed by atoms with E-state index in [9.17, 15) is 32.3 Å². The molecule has 0 unspecified atom stereocenters. The van der Waals surface area contributed by atoms with Crippen LogP contribution in [0.1, 0.15) is 83.5 Å². The Balaban J connectivity index is 1.03. The number of hydrogen-bond donors (Lipinski definition) is 3. The molecule has 2 aromatic heterocycles. The maximum absolute atomic E-state index is 13.8. The van der Waals surface area contributed by atoms with Crippen molar-refractivity contribution < 1.29 is 41.8 Å². The molecule has 4 amide bonds. The van der Waals surface area contributed by atoms with Crippen LogP contribution in [0.15, 0.2) is 67.0 Å². The molecule has 336 valence electrons. The van der Waals surface area contributed by atoms with Crippen LogP contribution >= 0.6 is 0 Å². The summed E-state index contributed by atoms with van der Waals surface area (Å²) in [6.07, 6.45) is -1.07. The molecule has 14 nitrogen and oxygen atoms in total. The number of H-pyrrole nitrogens is 1. The van der Waals surface area contributed by atoms with Gasteiger partial charge in [-0.05, 0) is 78.0 Å². The molecular formula is C46H55F3N8O6. The number of halogens is 3. The average Bonchev–Trinajstić information content (AvgIpc) is 3.49. The number of ether oxygens (including phenoxy) is 2. The molecular weight excluding hydrogens is 818 g/mol. The third kappa shape index (κ3) is 10.1. The van der Waals surface area contributed by atoms with Crippen LogP contribution in [0.3, 0.4) is 0 Å². The van der Waals surface area contributed by atoms with Crippen LogP contribution in [-0.4, -0.2) is 100 Å². The number of rotatable bonds is 11. The van der Waals surface area contributed by atoms with Gasteiger partial charge in [-0.15, -0.1) is 13.2 Å². The van der Waals surface area contributed by atoms with Crippen LogP contribution < -0.4 is 20.3 Å². The van der Waals surface area contributed by atoms with Crippen molar-refractivity contribution in [3.63, 3.8) is 0 Å². The van der Waals surface area contributed by atoms with Crippen LogP contribution in [0.4, 0.5) is 29.5 Å². The van der Waals surface area contributed by atoms with E-state index in [1.807, 2.05) is 25.7 Å². The van der Waals surface area contributed by atoms with E-state index < -0.39 is 36.2 Å². The van der Waals surface area contributed by atoms with Crippen LogP contribution in [0.25, 0.3) is 22.4 Å². The number of aromatic nitrogens is 3. The number of pyridine rings is 1. The SMILES string of the molecule is COC(=O)N[C@H](C(=O)N1CC(C)(C)C[C@H]1c1ncc(-c2ccc(-c3ccc(C(=O)Nc4ccc(N5CCN(C(=O)[C@H]6CC6(C)C)C[C@H]5C)nc4)cc3OC(F)(F)F)cc2)[nH]1)C(C)C. The lowest BCUT2D eigenvalue weighted by Gasteiger charge is -2.41. The summed E-state index contributed by atoms with van der Waals surface area (Å²) >= 11 is 0. The number of imidazole rings is 1. The predicted octanol–water partition coefficient (Wildman–Crippen LogP) is 8.05. The fraction of sp³-hybridized carbons (Fsp3) is 0.478. The third-order valence-corrected chi connectivity index (χ3v) is 12.3. The van der Waals surface area contributed by atoms with E-state index in [2.05, 4.69) is 62.9 Å². The standard InChI is InChI=1S/C46H55F3N8O6/c1-26(2)38(54-43(61)62-8)42(60)57-25-44(4,5)21-35(57)39-51-23-34(53-39)29-11-9-28(10-12-29)32-15-13-30(19-36(32)63-46(47,48)49)40(58)52-31-14-16-37(50-22-31)56-18-17-55(24-27(56)3)41(59)33-20-45(33,6)7/h9-16,19,22-23,26-27,33,35,38H,17-18,20-21,24-25H2,1-8H3,(H,51,53)(H,52,58)(H,54,61)/t27-,33-,35+,38+/m1/s1. The van der Waals surface area contributed by atoms with Crippen LogP contribution in [0, 0.1) is 22.7 Å². The molecule has 1 aliphatic carbocycles. The fourth-order valence-electron chi connectivity index (χ4n) is 8.66. The van der Waals surface area contributed by atoms with E-state index in [1.54, 1.807) is 47.5 Å². The van der Waals surface area contributed by atoms with Crippen LogP contribution in [-0.2, 0) is 14.3 Å². The molecule has 2 aliphatic heterocycles. The highest BCUT2D eigenvalue weighted by Crippen LogP contribution is 2.52. The number of nitrogens with one attached hydrogen (secondary N) is 3. The quantitative estimate of drug-likeness (QED) is 0.135. The van der Waals surface area contributed by atoms with Gasteiger partial charge < -0.3 is 39.8 Å². The highest BCUT2D eigenvalue weighted by molar-refractivity contribution is 6.05. The summed E-state index contributed by atoms with van der Waals surface area (Å²) in [6.45, 7) is 16.3. The number of likely N-dealkylation sites (tertiary alicyclic amines) is 1. The number of piperazine rings is 1. The Morgan fingerprint density at radius 3 is 2.22 bits per heavy atom. The number of methoxy groups -OCH3 is 1. The molecule has 0 radical (unpaired) electrons. The maximum atomic E-state index is 13.8. The lowest BCUT2D eigenvalue weighted by molar-refractivity contribution is -0.274. The Morgan fingerprint density at radius 1 is 0.921 bits per heavy atom. The summed E-state index contributed by atoms with van der Waals surface area (Å²) in [5.41, 5.74) is 1.98. The van der Waals surface area contributed by atoms with E-state index >= 15 is 0 Å². The smallest absolute Gasteiger partial charge is 0.453 e. The number of benzene rings is 2. The van der Waals surface area contributed by atoms with Crippen molar-refractivity contribution in [2.45, 2.75) is 85.8 Å². The number of hydrogen-bond acceptors (Lipinski definition) is 9. The number of nitrogens with zero attached hydrogens (tertiary/aromatic N) is 5. The van der Waals surface area contributed by atoms with Gasteiger partial charge in [-0.2, -0.15) is 0 Å². The monoisotopic (exact) mass is 872 g/mol. The zero-order valence-electron chi connectivity index (χ0n) is 36.8. The van der Waals surface area contributed by atoms with Crippen molar-refractivity contribution in [1.82, 2.24) is 30.1 Å². The minimum absolute atomic E-state index is 0.0277. The first-order valence-electron chi connectivity index (χ1n) is 21.2. The Morgan fingerprint density at radius 2 is 1.62 bits per heavy atom. The average molecular weight is 873 g/mol. The van der Waals surface area contributed by atoms with Gasteiger partial charge in [0.2, 0.25) is 11.8 Å². The molecule has 2 saturated heterocycles. The molecule has 3 fully saturated rings. The Kier molecular flexibility index (Phi) is 12.3. The van der Waals surface area contributed by atoms with Crippen molar-refractivity contribution in [3.05, 3.63) is 78.4 Å². The summed E-state index contributed by atoms with van der Waals surface area (Å²) in [4.78, 5) is 70.5. The van der Waals surface area contributed by atoms with Gasteiger partial charge in [0.05, 0.1) is 36.9 Å². The highest BCUT2D eigenvalue weighted by Gasteiger charge is 2.52. The molecule has 3 aliphatic rings. The molecule has 0 bridgehead atoms. The summed E-state index contributed by atoms with van der Waals surface area (Å²) < 4.78 is 50.5. The van der Waals surface area contributed by atoms with Crippen molar-refractivity contribution in [2.75, 3.05) is 43.5 Å². The molecule has 2 aromatic carbocycles. The van der Waals surface area contributed by atoms with E-state index in [0.717, 1.165) is 12.5 Å². The normalized spacial score (nSPS) is 20.9. The number of carbonyl (C=O) groups excluding carboxylic acids is 4. The first kappa shape index (κ1) is 44.9. The first-order valence-corrected chi connectivity index (χ1v) is 21.2. The minimum Gasteiger partial charge on any atom is -0.453 e. The molecule has 4 heterocycles. The molecule has 17 heteroatoms. The molecule has 7 rings (SSSR count). The van der Waals surface area contributed by atoms with Gasteiger partial charge in [-0.1, -0.05) is 65.8 Å². The number of amides is 4. The number of alkyl carbamates (subject to hydrolysis) is 1. The first-order chi connectivity index (χ1) is 29.6. The van der Waals surface area contributed by atoms with Gasteiger partial charge in [0.15, 0.2) is 0 Å². The maximum Gasteiger partial charge on any atom is 0.573 e. The summed E-state index contributed by atoms with van der Waals surface area (Å²) in [5.74, 6) is -0.123. The molecule has 63 heavy (non-hydrogen) atoms. The Bertz CT molecular complexity index is 2350. The second-order valence-electron chi connectivity index (χ2n) is 18.7. The van der Waals surface area contributed by atoms with Crippen molar-refractivity contribution in [2.24, 2.45) is 22.7 Å². The largest absolute Gasteiger partial charge is 0.573 e. The van der Waals surface area contributed by atoms with E-state index in [0.29, 0.717) is 66.8 Å². The number of anilines is 2. The fourth-order valence-corrected chi connectivity index (χ4v) is 8.66. The molecule has 3 N–H and O–H groups in total. The predicted molar refractivity (Wildman–Crippen MR) is 231 cm³/mol. The van der Waals surface area contributed by atoms with E-state index in [1.165, 1.54) is 25.4 Å². The van der Waals surface area contributed by atoms with E-state index in [-0.39, 0.29) is 51.6 Å². The third-order valence-electron chi connectivity index (χ3n) is 12.3. The Hall–Kier alpha value is -6.13. The van der Waals surface area contributed by atoms with Crippen LogP contribution in [0.5, 0.6) is 5.75 Å². The molecule has 4 aromatic rings. The van der Waals surface area contributed by atoms with Crippen molar-refractivity contribution in [3.8, 4) is 28.1 Å². The minimum atomic E-state index is -5.03. The number of carbonyl (C=O) groups is 4. The van der Waals surface area contributed by atoms with Gasteiger partial charge in [0.1, 0.15) is 23.4 Å². The summed E-state index contributed by atoms with van der Waals surface area (Å²) in [6, 6.07) is 12.9. The zero-order valence-corrected chi connectivity index (χ0v) is 36.8. The second kappa shape index (κ2) is 17.2. The van der Waals surface area contributed by atoms with Crippen molar-refractivity contribution in [1.29, 1.82) is 0 Å². The molecule has 0 spiro atoms. The molecule has 4 atom stereocenters. The Labute approximate surface area is 364 Å². The zero-order chi connectivity index (χ0) is 45.6. The van der Waals surface area contributed by atoms with Gasteiger partial charge in [0.25, 0.3) is 5.91 Å². The van der Waals surface area contributed by atoms with E-state index in [4.69, 9.17) is 4.74 Å². The lowest BCUT2D eigenvalue weighted by Crippen LogP contribution is -2.54. The lowest BCUT2D eigenvalue weighted by atomic mass is 9.90. The molecule has 1 saturated carbocycles. The topological polar surface area (TPSA) is 162 Å². The van der Waals surface area contributed by atoms with Gasteiger partial charge in [-0.3, -0.25) is 14.4 Å². The number of aromatic amines is 1. The van der Waals surface area contributed by atoms with Gasteiger partial charge in [-0.25, -0.2) is 14.8 Å². The van der Waals surface area contributed by atoms with Crippen LogP contribution in [0.2, 0.25) is 0 Å². The summed E-state index contributed by atoms with van der Waals surface area (Å²) in [7, 11) is 1.24. The van der Waals surface area contributed by atoms with Gasteiger partial charge in [0, 0.05) is 49.3 Å². The summed E-state index contributed by atoms with van der Waals surface area (Å²) in [5, 5.41) is 5.38. The second-order valence-corrected chi connectivity index (χ2v) is 18.7. The number of alkyl halides is 3. The highest BCUT2D eigenvalue weighted by atomic mass is 19.4.